The highest BCUT2D eigenvalue weighted by atomic mass is 79.9. The number of anilines is 1. The van der Waals surface area contributed by atoms with Crippen molar-refractivity contribution in [1.82, 2.24) is 10.2 Å². The highest BCUT2D eigenvalue weighted by molar-refractivity contribution is 9.10. The van der Waals surface area contributed by atoms with E-state index in [4.69, 9.17) is 0 Å². The molecule has 0 spiro atoms. The van der Waals surface area contributed by atoms with E-state index in [1.54, 1.807) is 6.08 Å². The summed E-state index contributed by atoms with van der Waals surface area (Å²) >= 11 is 4.44. The second-order valence-electron chi connectivity index (χ2n) is 5.91. The average Bonchev–Trinajstić information content (AvgIpc) is 3.07. The molecule has 1 N–H and O–H groups in total. The van der Waals surface area contributed by atoms with E-state index in [-0.39, 0.29) is 11.1 Å². The molecule has 2 heterocycles. The summed E-state index contributed by atoms with van der Waals surface area (Å²) < 4.78 is 0.950. The molecular weight excluding hydrogens is 378 g/mol. The zero-order valence-corrected chi connectivity index (χ0v) is 15.4. The van der Waals surface area contributed by atoms with Gasteiger partial charge in [0.1, 0.15) is 0 Å². The van der Waals surface area contributed by atoms with E-state index in [1.165, 1.54) is 0 Å². The smallest absolute Gasteiger partial charge is 0.290 e. The molecule has 0 bridgehead atoms. The van der Waals surface area contributed by atoms with Crippen LogP contribution in [-0.4, -0.2) is 49.3 Å². The van der Waals surface area contributed by atoms with Crippen LogP contribution in [0.15, 0.2) is 27.6 Å². The normalized spacial score (nSPS) is 23.2. The van der Waals surface area contributed by atoms with Crippen molar-refractivity contribution in [3.8, 4) is 0 Å². The lowest BCUT2D eigenvalue weighted by atomic mass is 10.1. The van der Waals surface area contributed by atoms with Gasteiger partial charge in [0.2, 0.25) is 0 Å². The van der Waals surface area contributed by atoms with Crippen molar-refractivity contribution >= 4 is 50.6 Å². The Balaban J connectivity index is 1.92. The van der Waals surface area contributed by atoms with Crippen LogP contribution in [0.1, 0.15) is 12.0 Å². The molecule has 2 fully saturated rings. The lowest BCUT2D eigenvalue weighted by molar-refractivity contribution is -0.115. The number of hydrogen-bond donors (Lipinski definition) is 1. The molecule has 1 aromatic carbocycles. The van der Waals surface area contributed by atoms with E-state index in [0.29, 0.717) is 10.9 Å². The van der Waals surface area contributed by atoms with Gasteiger partial charge in [-0.05, 0) is 56.6 Å². The number of carbonyl (C=O) groups is 2. The van der Waals surface area contributed by atoms with Gasteiger partial charge in [0.25, 0.3) is 11.1 Å². The van der Waals surface area contributed by atoms with Gasteiger partial charge >= 0.3 is 0 Å². The topological polar surface area (TPSA) is 52.6 Å². The van der Waals surface area contributed by atoms with Gasteiger partial charge in [-0.3, -0.25) is 14.9 Å². The Kier molecular flexibility index (Phi) is 4.79. The van der Waals surface area contributed by atoms with E-state index in [2.05, 4.69) is 51.2 Å². The van der Waals surface area contributed by atoms with Crippen molar-refractivity contribution in [2.75, 3.05) is 32.1 Å². The van der Waals surface area contributed by atoms with Crippen LogP contribution < -0.4 is 10.2 Å². The summed E-state index contributed by atoms with van der Waals surface area (Å²) in [5.41, 5.74) is 2.05. The number of likely N-dealkylation sites (N-methyl/N-ethyl adjacent to an activating group) is 1. The summed E-state index contributed by atoms with van der Waals surface area (Å²) in [4.78, 5) is 28.2. The van der Waals surface area contributed by atoms with Crippen molar-refractivity contribution in [1.29, 1.82) is 0 Å². The van der Waals surface area contributed by atoms with Gasteiger partial charge in [-0.2, -0.15) is 0 Å². The predicted molar refractivity (Wildman–Crippen MR) is 97.6 cm³/mol. The number of benzene rings is 1. The molecule has 1 atom stereocenters. The molecule has 1 aromatic rings. The first kappa shape index (κ1) is 16.5. The van der Waals surface area contributed by atoms with Gasteiger partial charge in [-0.25, -0.2) is 0 Å². The molecule has 122 valence electrons. The predicted octanol–water partition coefficient (Wildman–Crippen LogP) is 2.91. The molecule has 0 radical (unpaired) electrons. The van der Waals surface area contributed by atoms with Crippen molar-refractivity contribution in [2.45, 2.75) is 12.5 Å². The first-order valence-electron chi connectivity index (χ1n) is 7.40. The van der Waals surface area contributed by atoms with Crippen LogP contribution >= 0.6 is 27.7 Å². The van der Waals surface area contributed by atoms with Gasteiger partial charge in [0, 0.05) is 34.9 Å². The van der Waals surface area contributed by atoms with E-state index >= 15 is 0 Å². The van der Waals surface area contributed by atoms with Gasteiger partial charge in [-0.1, -0.05) is 15.9 Å². The second kappa shape index (κ2) is 6.67. The van der Waals surface area contributed by atoms with Crippen LogP contribution in [0.3, 0.4) is 0 Å². The number of amides is 2. The third-order valence-corrected chi connectivity index (χ3v) is 5.46. The minimum atomic E-state index is -0.321. The average molecular weight is 396 g/mol. The van der Waals surface area contributed by atoms with Crippen molar-refractivity contribution in [3.05, 3.63) is 33.1 Å². The largest absolute Gasteiger partial charge is 0.369 e. The summed E-state index contributed by atoms with van der Waals surface area (Å²) in [6, 6.07) is 6.59. The molecule has 2 aliphatic rings. The summed E-state index contributed by atoms with van der Waals surface area (Å²) in [5.74, 6) is -0.321. The molecule has 23 heavy (non-hydrogen) atoms. The molecule has 3 rings (SSSR count). The van der Waals surface area contributed by atoms with Gasteiger partial charge < -0.3 is 9.80 Å². The number of halogens is 1. The maximum absolute atomic E-state index is 11.8. The van der Waals surface area contributed by atoms with Gasteiger partial charge in [0.15, 0.2) is 0 Å². The Morgan fingerprint density at radius 3 is 2.78 bits per heavy atom. The Morgan fingerprint density at radius 1 is 1.39 bits per heavy atom. The fourth-order valence-electron chi connectivity index (χ4n) is 2.87. The van der Waals surface area contributed by atoms with E-state index in [1.807, 2.05) is 12.1 Å². The molecule has 7 heteroatoms. The summed E-state index contributed by atoms with van der Waals surface area (Å²) in [5, 5.41) is 1.98. The Hall–Kier alpha value is -1.31. The number of thioether (sulfide) groups is 1. The molecule has 0 unspecified atom stereocenters. The molecule has 0 aromatic heterocycles. The maximum Gasteiger partial charge on any atom is 0.290 e. The number of nitrogens with zero attached hydrogens (tertiary/aromatic N) is 2. The minimum absolute atomic E-state index is 0.313. The van der Waals surface area contributed by atoms with Crippen LogP contribution in [0, 0.1) is 0 Å². The zero-order valence-electron chi connectivity index (χ0n) is 13.0. The molecular formula is C16H18BrN3O2S. The second-order valence-corrected chi connectivity index (χ2v) is 7.84. The quantitative estimate of drug-likeness (QED) is 0.797. The molecule has 5 nitrogen and oxygen atoms in total. The van der Waals surface area contributed by atoms with Gasteiger partial charge in [0.05, 0.1) is 4.91 Å². The van der Waals surface area contributed by atoms with Gasteiger partial charge in [-0.15, -0.1) is 0 Å². The van der Waals surface area contributed by atoms with E-state index in [9.17, 15) is 9.59 Å². The number of carbonyl (C=O) groups excluding carboxylic acids is 2. The summed E-state index contributed by atoms with van der Waals surface area (Å²) in [7, 11) is 4.20. The molecule has 0 saturated carbocycles. The number of hydrogen-bond acceptors (Lipinski definition) is 5. The SMILES string of the molecule is CN(C)[C@H]1CCN(c2ccc(Br)cc2/C=C2/SC(=O)NC2=O)C1. The number of rotatable bonds is 3. The number of nitrogens with one attached hydrogen (secondary N) is 1. The maximum atomic E-state index is 11.8. The standard InChI is InChI=1S/C16H18BrN3O2S/c1-19(2)12-5-6-20(9-12)13-4-3-11(17)7-10(13)8-14-15(21)18-16(22)23-14/h3-4,7-8,12H,5-6,9H2,1-2H3,(H,18,21,22)/b14-8+/t12-/m0/s1. The fraction of sp³-hybridized carbons (Fsp3) is 0.375. The Bertz CT molecular complexity index is 690. The van der Waals surface area contributed by atoms with Crippen LogP contribution in [0.2, 0.25) is 0 Å². The lowest BCUT2D eigenvalue weighted by Crippen LogP contribution is -2.31. The minimum Gasteiger partial charge on any atom is -0.369 e. The van der Waals surface area contributed by atoms with Crippen LogP contribution in [0.4, 0.5) is 10.5 Å². The molecule has 0 aliphatic carbocycles. The van der Waals surface area contributed by atoms with Crippen molar-refractivity contribution in [3.63, 3.8) is 0 Å². The third kappa shape index (κ3) is 3.62. The first-order valence-corrected chi connectivity index (χ1v) is 9.01. The van der Waals surface area contributed by atoms with Crippen LogP contribution in [-0.2, 0) is 4.79 Å². The first-order chi connectivity index (χ1) is 10.9. The summed E-state index contributed by atoms with van der Waals surface area (Å²) in [6.07, 6.45) is 2.92. The molecule has 2 saturated heterocycles. The fourth-order valence-corrected chi connectivity index (χ4v) is 3.93. The zero-order chi connectivity index (χ0) is 16.6. The highest BCUT2D eigenvalue weighted by Crippen LogP contribution is 2.33. The summed E-state index contributed by atoms with van der Waals surface area (Å²) in [6.45, 7) is 1.95. The van der Waals surface area contributed by atoms with Crippen LogP contribution in [0.25, 0.3) is 6.08 Å². The monoisotopic (exact) mass is 395 g/mol. The highest BCUT2D eigenvalue weighted by Gasteiger charge is 2.28. The Morgan fingerprint density at radius 2 is 2.17 bits per heavy atom. The van der Waals surface area contributed by atoms with E-state index < -0.39 is 0 Å². The van der Waals surface area contributed by atoms with E-state index in [0.717, 1.165) is 47.0 Å². The Labute approximate surface area is 148 Å². The lowest BCUT2D eigenvalue weighted by Gasteiger charge is -2.23. The molecule has 2 amide bonds. The molecule has 2 aliphatic heterocycles. The third-order valence-electron chi connectivity index (χ3n) is 4.15. The van der Waals surface area contributed by atoms with Crippen molar-refractivity contribution < 1.29 is 9.59 Å². The van der Waals surface area contributed by atoms with Crippen LogP contribution in [0.5, 0.6) is 0 Å². The number of imide groups is 1. The van der Waals surface area contributed by atoms with Crippen molar-refractivity contribution in [2.24, 2.45) is 0 Å².